The zero-order valence-electron chi connectivity index (χ0n) is 14.4. The maximum Gasteiger partial charge on any atom is 0.287 e. The smallest absolute Gasteiger partial charge is 0.287 e. The largest absolute Gasteiger partial charge is 0.347 e. The number of likely N-dealkylation sites (tertiary alicyclic amines) is 1. The number of pyridine rings is 1. The van der Waals surface area contributed by atoms with E-state index in [1.54, 1.807) is 10.6 Å². The molecule has 132 valence electrons. The van der Waals surface area contributed by atoms with Gasteiger partial charge in [0, 0.05) is 25.3 Å². The van der Waals surface area contributed by atoms with Crippen LogP contribution in [0.5, 0.6) is 0 Å². The van der Waals surface area contributed by atoms with Crippen LogP contribution >= 0.6 is 0 Å². The van der Waals surface area contributed by atoms with Gasteiger partial charge in [-0.1, -0.05) is 18.9 Å². The van der Waals surface area contributed by atoms with Crippen LogP contribution < -0.4 is 5.32 Å². The van der Waals surface area contributed by atoms with E-state index < -0.39 is 0 Å². The van der Waals surface area contributed by atoms with E-state index in [9.17, 15) is 9.59 Å². The molecule has 2 fully saturated rings. The number of piperidine rings is 1. The van der Waals surface area contributed by atoms with Crippen molar-refractivity contribution in [3.63, 3.8) is 0 Å². The quantitative estimate of drug-likeness (QED) is 0.934. The molecule has 1 saturated carbocycles. The molecule has 0 bridgehead atoms. The fourth-order valence-corrected chi connectivity index (χ4v) is 3.92. The number of amides is 2. The van der Waals surface area contributed by atoms with Gasteiger partial charge in [-0.05, 0) is 44.2 Å². The standard InChI is InChI=1S/C19H24N4O2/c24-18(20-14-8-2-3-9-14)17-21-16(15-10-4-7-13-23(15)17)19(25)22-11-5-1-6-12-22/h4,7,10,13-14H,1-3,5-6,8-9,11-12H2,(H,20,24). The molecule has 1 aliphatic carbocycles. The van der Waals surface area contributed by atoms with Crippen LogP contribution in [0.2, 0.25) is 0 Å². The maximum atomic E-state index is 12.9. The van der Waals surface area contributed by atoms with E-state index >= 15 is 0 Å². The van der Waals surface area contributed by atoms with Gasteiger partial charge in [-0.3, -0.25) is 14.0 Å². The van der Waals surface area contributed by atoms with Gasteiger partial charge in [-0.25, -0.2) is 4.98 Å². The van der Waals surface area contributed by atoms with Crippen LogP contribution in [-0.2, 0) is 0 Å². The first-order chi connectivity index (χ1) is 12.2. The molecule has 2 aromatic heterocycles. The predicted molar refractivity (Wildman–Crippen MR) is 94.7 cm³/mol. The van der Waals surface area contributed by atoms with Crippen molar-refractivity contribution in [2.24, 2.45) is 0 Å². The van der Waals surface area contributed by atoms with Crippen LogP contribution in [-0.4, -0.2) is 45.2 Å². The molecule has 0 atom stereocenters. The van der Waals surface area contributed by atoms with E-state index in [4.69, 9.17) is 0 Å². The summed E-state index contributed by atoms with van der Waals surface area (Å²) in [5.74, 6) is 0.0527. The highest BCUT2D eigenvalue weighted by atomic mass is 16.2. The van der Waals surface area contributed by atoms with Gasteiger partial charge < -0.3 is 10.2 Å². The van der Waals surface area contributed by atoms with Crippen molar-refractivity contribution in [3.05, 3.63) is 35.9 Å². The van der Waals surface area contributed by atoms with Gasteiger partial charge in [0.2, 0.25) is 5.82 Å². The van der Waals surface area contributed by atoms with Crippen LogP contribution in [0.3, 0.4) is 0 Å². The molecule has 4 rings (SSSR count). The Bertz CT molecular complexity index is 786. The van der Waals surface area contributed by atoms with Crippen LogP contribution in [0.25, 0.3) is 5.52 Å². The summed E-state index contributed by atoms with van der Waals surface area (Å²) in [7, 11) is 0. The molecule has 1 saturated heterocycles. The average Bonchev–Trinajstić information content (AvgIpc) is 3.29. The Morgan fingerprint density at radius 2 is 1.80 bits per heavy atom. The van der Waals surface area contributed by atoms with E-state index in [0.29, 0.717) is 17.0 Å². The third kappa shape index (κ3) is 3.13. The van der Waals surface area contributed by atoms with Crippen molar-refractivity contribution in [1.82, 2.24) is 19.6 Å². The molecule has 2 aliphatic rings. The summed E-state index contributed by atoms with van der Waals surface area (Å²) in [6.45, 7) is 1.54. The van der Waals surface area contributed by atoms with Crippen molar-refractivity contribution in [2.45, 2.75) is 51.0 Å². The minimum Gasteiger partial charge on any atom is -0.347 e. The number of nitrogens with zero attached hydrogens (tertiary/aromatic N) is 3. The SMILES string of the molecule is O=C(NC1CCCC1)c1nc(C(=O)N2CCCCC2)c2ccccn12. The van der Waals surface area contributed by atoms with Gasteiger partial charge in [0.1, 0.15) is 0 Å². The Morgan fingerprint density at radius 3 is 2.56 bits per heavy atom. The second-order valence-corrected chi connectivity index (χ2v) is 7.05. The summed E-state index contributed by atoms with van der Waals surface area (Å²) in [4.78, 5) is 31.9. The third-order valence-electron chi connectivity index (χ3n) is 5.29. The Hall–Kier alpha value is -2.37. The van der Waals surface area contributed by atoms with Crippen molar-refractivity contribution in [2.75, 3.05) is 13.1 Å². The first kappa shape index (κ1) is 16.1. The van der Waals surface area contributed by atoms with Gasteiger partial charge >= 0.3 is 0 Å². The number of carbonyl (C=O) groups excluding carboxylic acids is 2. The molecule has 6 nitrogen and oxygen atoms in total. The number of hydrogen-bond donors (Lipinski definition) is 1. The molecule has 1 aliphatic heterocycles. The lowest BCUT2D eigenvalue weighted by Crippen LogP contribution is -2.36. The van der Waals surface area contributed by atoms with Gasteiger partial charge in [0.15, 0.2) is 5.69 Å². The second kappa shape index (κ2) is 6.86. The molecule has 0 spiro atoms. The lowest BCUT2D eigenvalue weighted by Gasteiger charge is -2.25. The summed E-state index contributed by atoms with van der Waals surface area (Å²) in [5.41, 5.74) is 1.09. The van der Waals surface area contributed by atoms with E-state index in [0.717, 1.165) is 51.6 Å². The Balaban J connectivity index is 1.65. The molecule has 25 heavy (non-hydrogen) atoms. The highest BCUT2D eigenvalue weighted by Gasteiger charge is 2.27. The van der Waals surface area contributed by atoms with E-state index in [1.807, 2.05) is 23.1 Å². The lowest BCUT2D eigenvalue weighted by molar-refractivity contribution is 0.0721. The number of aromatic nitrogens is 2. The summed E-state index contributed by atoms with van der Waals surface area (Å²) < 4.78 is 1.74. The molecule has 0 radical (unpaired) electrons. The predicted octanol–water partition coefficient (Wildman–Crippen LogP) is 2.63. The number of nitrogens with one attached hydrogen (secondary N) is 1. The molecular weight excluding hydrogens is 316 g/mol. The Kier molecular flexibility index (Phi) is 4.42. The van der Waals surface area contributed by atoms with Crippen molar-refractivity contribution < 1.29 is 9.59 Å². The van der Waals surface area contributed by atoms with Gasteiger partial charge in [-0.2, -0.15) is 0 Å². The van der Waals surface area contributed by atoms with Crippen molar-refractivity contribution >= 4 is 17.3 Å². The second-order valence-electron chi connectivity index (χ2n) is 7.05. The molecule has 0 aromatic carbocycles. The number of rotatable bonds is 3. The zero-order valence-corrected chi connectivity index (χ0v) is 14.4. The number of fused-ring (bicyclic) bond motifs is 1. The lowest BCUT2D eigenvalue weighted by atomic mass is 10.1. The highest BCUT2D eigenvalue weighted by Crippen LogP contribution is 2.20. The van der Waals surface area contributed by atoms with Crippen LogP contribution in [0.15, 0.2) is 24.4 Å². The maximum absolute atomic E-state index is 12.9. The first-order valence-corrected chi connectivity index (χ1v) is 9.31. The first-order valence-electron chi connectivity index (χ1n) is 9.31. The van der Waals surface area contributed by atoms with Crippen molar-refractivity contribution in [1.29, 1.82) is 0 Å². The van der Waals surface area contributed by atoms with E-state index in [-0.39, 0.29) is 17.9 Å². The van der Waals surface area contributed by atoms with Crippen LogP contribution in [0.4, 0.5) is 0 Å². The number of imidazole rings is 1. The average molecular weight is 340 g/mol. The van der Waals surface area contributed by atoms with E-state index in [2.05, 4.69) is 10.3 Å². The summed E-state index contributed by atoms with van der Waals surface area (Å²) in [6.07, 6.45) is 9.40. The molecule has 1 N–H and O–H groups in total. The minimum atomic E-state index is -0.189. The Labute approximate surface area is 147 Å². The van der Waals surface area contributed by atoms with Crippen LogP contribution in [0.1, 0.15) is 66.1 Å². The van der Waals surface area contributed by atoms with Crippen LogP contribution in [0, 0.1) is 0 Å². The normalized spacial score (nSPS) is 18.6. The summed E-state index contributed by atoms with van der Waals surface area (Å²) in [5, 5.41) is 3.07. The minimum absolute atomic E-state index is 0.0664. The summed E-state index contributed by atoms with van der Waals surface area (Å²) >= 11 is 0. The topological polar surface area (TPSA) is 66.7 Å². The summed E-state index contributed by atoms with van der Waals surface area (Å²) in [6, 6.07) is 5.82. The molecule has 0 unspecified atom stereocenters. The van der Waals surface area contributed by atoms with E-state index in [1.165, 1.54) is 6.42 Å². The van der Waals surface area contributed by atoms with Gasteiger partial charge in [0.25, 0.3) is 11.8 Å². The highest BCUT2D eigenvalue weighted by molar-refractivity contribution is 6.02. The fraction of sp³-hybridized carbons (Fsp3) is 0.526. The number of carbonyl (C=O) groups is 2. The molecule has 6 heteroatoms. The monoisotopic (exact) mass is 340 g/mol. The molecule has 2 aromatic rings. The Morgan fingerprint density at radius 1 is 1.04 bits per heavy atom. The molecular formula is C19H24N4O2. The number of hydrogen-bond acceptors (Lipinski definition) is 3. The molecule has 3 heterocycles. The van der Waals surface area contributed by atoms with Crippen molar-refractivity contribution in [3.8, 4) is 0 Å². The third-order valence-corrected chi connectivity index (χ3v) is 5.29. The van der Waals surface area contributed by atoms with Gasteiger partial charge in [-0.15, -0.1) is 0 Å². The fourth-order valence-electron chi connectivity index (χ4n) is 3.92. The zero-order chi connectivity index (χ0) is 17.2. The van der Waals surface area contributed by atoms with Gasteiger partial charge in [0.05, 0.1) is 5.52 Å². The molecule has 2 amide bonds.